The Kier molecular flexibility index (Phi) is 29.4. The minimum atomic E-state index is -1.40. The average Bonchev–Trinajstić information content (AvgIpc) is 3.40. The standard InChI is InChI=1S/C44H81N3O21/c1-26(51)45-30-21-31(54)37(55)32(22-48)66-42(30)63-17-10-5-8-15-61-25-29(62-16-9-6-12-19-65-44-36(47-28(3)53)41(59)39(57)34(24-50)68-44)13-20-60-14-7-4-11-18-64-43-35(46-27(2)52)40(58)38(56)33(23-49)67-43/h29-44,48-50,54-59H,4-25H2,1-3H3,(H,45,51)(H,46,52)(H,47,53)/t29?,30?,31?,32?,33?,34?,35?,36?,37-,38+,39+,40?,41?,42-,43-,44-/m1/s1. The fraction of sp³-hybridized carbons (Fsp3) is 0.932. The Balaban J connectivity index is 1.40. The number of carbonyl (C=O) groups is 3. The molecule has 3 fully saturated rings. The van der Waals surface area contributed by atoms with E-state index >= 15 is 0 Å². The number of aliphatic hydroxyl groups is 9. The average molecular weight is 988 g/mol. The number of amides is 3. The van der Waals surface area contributed by atoms with E-state index in [1.54, 1.807) is 0 Å². The highest BCUT2D eigenvalue weighted by Gasteiger charge is 2.46. The first-order valence-corrected chi connectivity index (χ1v) is 23.9. The Morgan fingerprint density at radius 1 is 0.500 bits per heavy atom. The second-order valence-corrected chi connectivity index (χ2v) is 17.5. The molecule has 24 heteroatoms. The molecule has 0 saturated carbocycles. The van der Waals surface area contributed by atoms with Crippen molar-refractivity contribution in [1.29, 1.82) is 0 Å². The maximum absolute atomic E-state index is 11.8. The zero-order chi connectivity index (χ0) is 50.0. The van der Waals surface area contributed by atoms with E-state index in [0.717, 1.165) is 19.3 Å². The smallest absolute Gasteiger partial charge is 0.217 e. The molecule has 16 atom stereocenters. The number of hydrogen-bond donors (Lipinski definition) is 12. The van der Waals surface area contributed by atoms with Crippen molar-refractivity contribution in [1.82, 2.24) is 16.0 Å². The molecular formula is C44H81N3O21. The van der Waals surface area contributed by atoms with Crippen molar-refractivity contribution in [2.75, 3.05) is 72.7 Å². The van der Waals surface area contributed by atoms with Gasteiger partial charge in [0.05, 0.1) is 44.7 Å². The number of aliphatic hydroxyl groups excluding tert-OH is 9. The van der Waals surface area contributed by atoms with E-state index in [-0.39, 0.29) is 38.3 Å². The third-order valence-electron chi connectivity index (χ3n) is 11.7. The largest absolute Gasteiger partial charge is 0.394 e. The van der Waals surface area contributed by atoms with Crippen LogP contribution in [0.3, 0.4) is 0 Å². The molecule has 0 radical (unpaired) electrons. The predicted molar refractivity (Wildman–Crippen MR) is 236 cm³/mol. The number of ether oxygens (including phenoxy) is 9. The van der Waals surface area contributed by atoms with E-state index in [1.807, 2.05) is 0 Å². The second kappa shape index (κ2) is 33.4. The van der Waals surface area contributed by atoms with Gasteiger partial charge in [0.25, 0.3) is 0 Å². The normalized spacial score (nSPS) is 32.6. The highest BCUT2D eigenvalue weighted by Crippen LogP contribution is 2.25. The van der Waals surface area contributed by atoms with Crippen molar-refractivity contribution >= 4 is 17.7 Å². The first-order valence-electron chi connectivity index (χ1n) is 23.9. The first-order chi connectivity index (χ1) is 32.6. The molecule has 0 aromatic heterocycles. The topological polar surface area (TPSA) is 352 Å². The van der Waals surface area contributed by atoms with Gasteiger partial charge in [0.1, 0.15) is 60.9 Å². The minimum absolute atomic E-state index is 0.00997. The highest BCUT2D eigenvalue weighted by molar-refractivity contribution is 5.74. The molecule has 3 aliphatic rings. The van der Waals surface area contributed by atoms with Gasteiger partial charge in [-0.15, -0.1) is 0 Å². The molecule has 0 aliphatic carbocycles. The van der Waals surface area contributed by atoms with E-state index < -0.39 is 124 Å². The van der Waals surface area contributed by atoms with Gasteiger partial charge in [0.15, 0.2) is 18.9 Å². The monoisotopic (exact) mass is 988 g/mol. The summed E-state index contributed by atoms with van der Waals surface area (Å²) in [6, 6.07) is -2.74. The third-order valence-corrected chi connectivity index (χ3v) is 11.7. The first kappa shape index (κ1) is 60.0. The molecule has 0 aromatic carbocycles. The van der Waals surface area contributed by atoms with Crippen LogP contribution in [0.5, 0.6) is 0 Å². The number of rotatable bonds is 33. The molecule has 0 bridgehead atoms. The Bertz CT molecular complexity index is 1390. The van der Waals surface area contributed by atoms with Crippen LogP contribution >= 0.6 is 0 Å². The zero-order valence-corrected chi connectivity index (χ0v) is 39.7. The number of hydrogen-bond acceptors (Lipinski definition) is 21. The summed E-state index contributed by atoms with van der Waals surface area (Å²) < 4.78 is 52.5. The van der Waals surface area contributed by atoms with E-state index in [1.165, 1.54) is 20.8 Å². The van der Waals surface area contributed by atoms with Gasteiger partial charge in [-0.25, -0.2) is 0 Å². The van der Waals surface area contributed by atoms with E-state index in [0.29, 0.717) is 78.0 Å². The second-order valence-electron chi connectivity index (χ2n) is 17.5. The van der Waals surface area contributed by atoms with Crippen LogP contribution in [0.4, 0.5) is 0 Å². The van der Waals surface area contributed by atoms with Crippen LogP contribution in [0.2, 0.25) is 0 Å². The lowest BCUT2D eigenvalue weighted by atomic mass is 9.97. The van der Waals surface area contributed by atoms with Crippen LogP contribution in [0.25, 0.3) is 0 Å². The van der Waals surface area contributed by atoms with E-state index in [9.17, 15) is 60.3 Å². The lowest BCUT2D eigenvalue weighted by Gasteiger charge is -2.42. The van der Waals surface area contributed by atoms with Crippen molar-refractivity contribution in [2.24, 2.45) is 0 Å². The van der Waals surface area contributed by atoms with Crippen LogP contribution in [0, 0.1) is 0 Å². The fourth-order valence-corrected chi connectivity index (χ4v) is 7.97. The van der Waals surface area contributed by atoms with Crippen LogP contribution in [0.15, 0.2) is 0 Å². The van der Waals surface area contributed by atoms with Crippen LogP contribution < -0.4 is 16.0 Å². The SMILES string of the molecule is CC(=O)NC1CC(O)[C@@H](O)C(CO)O[C@H]1OCCCCCOCC(CCOCCCCCO[C@@H]1OC(CO)[C@H](O)C(O)C1NC(C)=O)OCCCCCO[C@@H]1OC(CO)[C@H](O)C(O)C1NC(C)=O. The highest BCUT2D eigenvalue weighted by atomic mass is 16.7. The van der Waals surface area contributed by atoms with Gasteiger partial charge in [-0.3, -0.25) is 14.4 Å². The summed E-state index contributed by atoms with van der Waals surface area (Å²) in [5.41, 5.74) is 0. The maximum atomic E-state index is 11.8. The molecule has 68 heavy (non-hydrogen) atoms. The Labute approximate surface area is 398 Å². The number of carbonyl (C=O) groups excluding carboxylic acids is 3. The predicted octanol–water partition coefficient (Wildman–Crippen LogP) is -3.42. The van der Waals surface area contributed by atoms with Crippen LogP contribution in [0.1, 0.15) is 91.4 Å². The van der Waals surface area contributed by atoms with Gasteiger partial charge in [-0.2, -0.15) is 0 Å². The quantitative estimate of drug-likeness (QED) is 0.0285. The van der Waals surface area contributed by atoms with Gasteiger partial charge in [0, 0.05) is 73.4 Å². The van der Waals surface area contributed by atoms with Gasteiger partial charge >= 0.3 is 0 Å². The molecule has 0 aromatic rings. The molecule has 0 spiro atoms. The molecule has 24 nitrogen and oxygen atoms in total. The van der Waals surface area contributed by atoms with Crippen molar-refractivity contribution < 1.29 is 103 Å². The summed E-state index contributed by atoms with van der Waals surface area (Å²) in [4.78, 5) is 35.2. The van der Waals surface area contributed by atoms with Crippen molar-refractivity contribution in [3.05, 3.63) is 0 Å². The molecule has 398 valence electrons. The van der Waals surface area contributed by atoms with Crippen LogP contribution in [-0.4, -0.2) is 234 Å². The Morgan fingerprint density at radius 2 is 0.912 bits per heavy atom. The number of nitrogens with one attached hydrogen (secondary N) is 3. The molecule has 3 amide bonds. The van der Waals surface area contributed by atoms with Gasteiger partial charge in [-0.1, -0.05) is 0 Å². The number of unbranched alkanes of at least 4 members (excludes halogenated alkanes) is 6. The summed E-state index contributed by atoms with van der Waals surface area (Å²) in [5.74, 6) is -1.23. The van der Waals surface area contributed by atoms with Gasteiger partial charge in [0.2, 0.25) is 17.7 Å². The minimum Gasteiger partial charge on any atom is -0.394 e. The zero-order valence-electron chi connectivity index (χ0n) is 39.7. The lowest BCUT2D eigenvalue weighted by Crippen LogP contribution is -2.64. The summed E-state index contributed by atoms with van der Waals surface area (Å²) in [7, 11) is 0. The lowest BCUT2D eigenvalue weighted by molar-refractivity contribution is -0.270. The third kappa shape index (κ3) is 21.2. The Hall–Kier alpha value is -2.31. The summed E-state index contributed by atoms with van der Waals surface area (Å²) in [5, 5.41) is 98.5. The molecule has 3 saturated heterocycles. The molecule has 3 rings (SSSR count). The molecule has 12 N–H and O–H groups in total. The summed E-state index contributed by atoms with van der Waals surface area (Å²) >= 11 is 0. The van der Waals surface area contributed by atoms with E-state index in [2.05, 4.69) is 16.0 Å². The summed E-state index contributed by atoms with van der Waals surface area (Å²) in [6.45, 7) is 5.07. The van der Waals surface area contributed by atoms with Gasteiger partial charge < -0.3 is 105 Å². The molecule has 10 unspecified atom stereocenters. The molecular weight excluding hydrogens is 906 g/mol. The fourth-order valence-electron chi connectivity index (χ4n) is 7.97. The molecule has 3 heterocycles. The van der Waals surface area contributed by atoms with Crippen LogP contribution in [-0.2, 0) is 57.0 Å². The van der Waals surface area contributed by atoms with E-state index in [4.69, 9.17) is 42.6 Å². The van der Waals surface area contributed by atoms with Crippen molar-refractivity contribution in [2.45, 2.75) is 189 Å². The Morgan fingerprint density at radius 3 is 1.38 bits per heavy atom. The van der Waals surface area contributed by atoms with Crippen molar-refractivity contribution in [3.8, 4) is 0 Å². The van der Waals surface area contributed by atoms with Crippen molar-refractivity contribution in [3.63, 3.8) is 0 Å². The van der Waals surface area contributed by atoms with Gasteiger partial charge in [-0.05, 0) is 64.2 Å². The maximum Gasteiger partial charge on any atom is 0.217 e. The molecule has 3 aliphatic heterocycles. The summed E-state index contributed by atoms with van der Waals surface area (Å²) in [6.07, 6.45) is -7.98.